The Labute approximate surface area is 132 Å². The number of halogens is 1. The number of hydrogen-bond acceptors (Lipinski definition) is 2. The molecule has 1 saturated heterocycles. The number of rotatable bonds is 5. The van der Waals surface area contributed by atoms with Gasteiger partial charge in [0.15, 0.2) is 0 Å². The van der Waals surface area contributed by atoms with Crippen molar-refractivity contribution < 1.29 is 0 Å². The van der Waals surface area contributed by atoms with E-state index in [4.69, 9.17) is 0 Å². The summed E-state index contributed by atoms with van der Waals surface area (Å²) in [5, 5.41) is 3.55. The minimum atomic E-state index is 0.405. The average molecular weight is 339 g/mol. The maximum atomic E-state index is 3.76. The second-order valence-electron chi connectivity index (χ2n) is 5.78. The summed E-state index contributed by atoms with van der Waals surface area (Å²) in [6.07, 6.45) is 6.59. The molecule has 0 spiro atoms. The summed E-state index contributed by atoms with van der Waals surface area (Å²) in [6, 6.07) is 7.26. The van der Waals surface area contributed by atoms with Crippen LogP contribution in [0.2, 0.25) is 0 Å². The van der Waals surface area contributed by atoms with Crippen molar-refractivity contribution in [1.82, 2.24) is 5.32 Å². The highest BCUT2D eigenvalue weighted by Crippen LogP contribution is 2.29. The van der Waals surface area contributed by atoms with Gasteiger partial charge in [-0.05, 0) is 50.4 Å². The van der Waals surface area contributed by atoms with Gasteiger partial charge in [0.25, 0.3) is 0 Å². The topological polar surface area (TPSA) is 15.3 Å². The number of nitrogens with one attached hydrogen (secondary N) is 1. The molecule has 1 aliphatic rings. The van der Waals surface area contributed by atoms with E-state index in [9.17, 15) is 0 Å². The highest BCUT2D eigenvalue weighted by molar-refractivity contribution is 9.10. The minimum Gasteiger partial charge on any atom is -0.372 e. The van der Waals surface area contributed by atoms with E-state index in [1.54, 1.807) is 0 Å². The molecule has 2 nitrogen and oxygen atoms in total. The minimum absolute atomic E-state index is 0.405. The van der Waals surface area contributed by atoms with E-state index in [2.05, 4.69) is 58.2 Å². The molecule has 1 fully saturated rings. The molecule has 0 bridgehead atoms. The molecule has 1 heterocycles. The van der Waals surface area contributed by atoms with Gasteiger partial charge in [0.1, 0.15) is 0 Å². The first-order valence-corrected chi connectivity index (χ1v) is 8.79. The van der Waals surface area contributed by atoms with Gasteiger partial charge in [-0.2, -0.15) is 0 Å². The molecule has 112 valence electrons. The van der Waals surface area contributed by atoms with Crippen LogP contribution in [0, 0.1) is 0 Å². The molecule has 20 heavy (non-hydrogen) atoms. The molecule has 0 radical (unpaired) electrons. The molecular weight excluding hydrogens is 312 g/mol. The third kappa shape index (κ3) is 4.23. The predicted octanol–water partition coefficient (Wildman–Crippen LogP) is 4.89. The smallest absolute Gasteiger partial charge is 0.0377 e. The fourth-order valence-electron chi connectivity index (χ4n) is 2.86. The highest BCUT2D eigenvalue weighted by Gasteiger charge is 2.13. The molecule has 1 unspecified atom stereocenters. The molecular formula is C17H27BrN2. The van der Waals surface area contributed by atoms with Crippen LogP contribution in [-0.2, 0) is 0 Å². The van der Waals surface area contributed by atoms with Gasteiger partial charge in [0, 0.05) is 29.3 Å². The van der Waals surface area contributed by atoms with E-state index in [0.29, 0.717) is 6.04 Å². The van der Waals surface area contributed by atoms with Crippen LogP contribution in [0.15, 0.2) is 22.7 Å². The SMILES string of the molecule is CCCNC(C)c1ccc(N2CCCCCC2)cc1Br. The van der Waals surface area contributed by atoms with Crippen molar-refractivity contribution in [2.75, 3.05) is 24.5 Å². The number of anilines is 1. The molecule has 1 aliphatic heterocycles. The van der Waals surface area contributed by atoms with Crippen molar-refractivity contribution in [3.8, 4) is 0 Å². The molecule has 1 aromatic carbocycles. The van der Waals surface area contributed by atoms with Crippen molar-refractivity contribution in [2.45, 2.75) is 52.0 Å². The Bertz CT molecular complexity index is 411. The van der Waals surface area contributed by atoms with Crippen LogP contribution in [0.5, 0.6) is 0 Å². The van der Waals surface area contributed by atoms with Gasteiger partial charge in [-0.15, -0.1) is 0 Å². The molecule has 0 saturated carbocycles. The molecule has 0 aromatic heterocycles. The first-order valence-electron chi connectivity index (χ1n) is 8.00. The van der Waals surface area contributed by atoms with Crippen molar-refractivity contribution in [3.63, 3.8) is 0 Å². The second kappa shape index (κ2) is 8.04. The predicted molar refractivity (Wildman–Crippen MR) is 91.5 cm³/mol. The second-order valence-corrected chi connectivity index (χ2v) is 6.64. The van der Waals surface area contributed by atoms with Gasteiger partial charge >= 0.3 is 0 Å². The molecule has 0 amide bonds. The van der Waals surface area contributed by atoms with Gasteiger partial charge in [-0.3, -0.25) is 0 Å². The van der Waals surface area contributed by atoms with E-state index < -0.39 is 0 Å². The lowest BCUT2D eigenvalue weighted by atomic mass is 10.1. The lowest BCUT2D eigenvalue weighted by Gasteiger charge is -2.24. The van der Waals surface area contributed by atoms with E-state index in [-0.39, 0.29) is 0 Å². The Hall–Kier alpha value is -0.540. The van der Waals surface area contributed by atoms with Crippen molar-refractivity contribution in [3.05, 3.63) is 28.2 Å². The zero-order valence-electron chi connectivity index (χ0n) is 12.8. The Kier molecular flexibility index (Phi) is 6.37. The summed E-state index contributed by atoms with van der Waals surface area (Å²) in [6.45, 7) is 7.92. The summed E-state index contributed by atoms with van der Waals surface area (Å²) < 4.78 is 1.23. The molecule has 1 aromatic rings. The van der Waals surface area contributed by atoms with Crippen LogP contribution < -0.4 is 10.2 Å². The number of hydrogen-bond donors (Lipinski definition) is 1. The summed E-state index contributed by atoms with van der Waals surface area (Å²) >= 11 is 3.76. The van der Waals surface area contributed by atoms with Crippen molar-refractivity contribution >= 4 is 21.6 Å². The normalized spacial score (nSPS) is 17.9. The first kappa shape index (κ1) is 15.8. The van der Waals surface area contributed by atoms with Gasteiger partial charge in [-0.1, -0.05) is 41.8 Å². The lowest BCUT2D eigenvalue weighted by molar-refractivity contribution is 0.569. The lowest BCUT2D eigenvalue weighted by Crippen LogP contribution is -2.24. The van der Waals surface area contributed by atoms with Gasteiger partial charge in [0.2, 0.25) is 0 Å². The van der Waals surface area contributed by atoms with Gasteiger partial charge < -0.3 is 10.2 Å². The van der Waals surface area contributed by atoms with Gasteiger partial charge in [0.05, 0.1) is 0 Å². The third-order valence-electron chi connectivity index (χ3n) is 4.12. The summed E-state index contributed by atoms with van der Waals surface area (Å²) in [5.74, 6) is 0. The standard InChI is InChI=1S/C17H27BrN2/c1-3-10-19-14(2)16-9-8-15(13-17(16)18)20-11-6-4-5-7-12-20/h8-9,13-14,19H,3-7,10-12H2,1-2H3. The first-order chi connectivity index (χ1) is 9.72. The van der Waals surface area contributed by atoms with Crippen molar-refractivity contribution in [1.29, 1.82) is 0 Å². The highest BCUT2D eigenvalue weighted by atomic mass is 79.9. The zero-order valence-corrected chi connectivity index (χ0v) is 14.4. The Morgan fingerprint density at radius 3 is 2.50 bits per heavy atom. The van der Waals surface area contributed by atoms with Crippen molar-refractivity contribution in [2.24, 2.45) is 0 Å². The maximum Gasteiger partial charge on any atom is 0.0377 e. The molecule has 2 rings (SSSR count). The largest absolute Gasteiger partial charge is 0.372 e. The average Bonchev–Trinajstić information content (AvgIpc) is 2.73. The molecule has 3 heteroatoms. The van der Waals surface area contributed by atoms with Crippen LogP contribution in [-0.4, -0.2) is 19.6 Å². The maximum absolute atomic E-state index is 3.76. The summed E-state index contributed by atoms with van der Waals surface area (Å²) in [4.78, 5) is 2.53. The molecule has 1 atom stereocenters. The fourth-order valence-corrected chi connectivity index (χ4v) is 3.57. The van der Waals surface area contributed by atoms with Crippen LogP contribution in [0.4, 0.5) is 5.69 Å². The van der Waals surface area contributed by atoms with Gasteiger partial charge in [-0.25, -0.2) is 0 Å². The van der Waals surface area contributed by atoms with Crippen LogP contribution in [0.25, 0.3) is 0 Å². The molecule has 1 N–H and O–H groups in total. The number of benzene rings is 1. The Morgan fingerprint density at radius 2 is 1.90 bits per heavy atom. The Morgan fingerprint density at radius 1 is 1.20 bits per heavy atom. The zero-order chi connectivity index (χ0) is 14.4. The van der Waals surface area contributed by atoms with E-state index in [1.807, 2.05) is 0 Å². The summed E-state index contributed by atoms with van der Waals surface area (Å²) in [5.41, 5.74) is 2.72. The number of nitrogens with zero attached hydrogens (tertiary/aromatic N) is 1. The Balaban J connectivity index is 2.08. The quantitative estimate of drug-likeness (QED) is 0.822. The third-order valence-corrected chi connectivity index (χ3v) is 4.81. The van der Waals surface area contributed by atoms with Crippen LogP contribution in [0.1, 0.15) is 57.6 Å². The van der Waals surface area contributed by atoms with E-state index >= 15 is 0 Å². The molecule has 0 aliphatic carbocycles. The van der Waals surface area contributed by atoms with E-state index in [0.717, 1.165) is 6.54 Å². The van der Waals surface area contributed by atoms with Crippen LogP contribution >= 0.6 is 15.9 Å². The fraction of sp³-hybridized carbons (Fsp3) is 0.647. The summed E-state index contributed by atoms with van der Waals surface area (Å²) in [7, 11) is 0. The van der Waals surface area contributed by atoms with Crippen LogP contribution in [0.3, 0.4) is 0 Å². The van der Waals surface area contributed by atoms with E-state index in [1.165, 1.54) is 60.9 Å². The monoisotopic (exact) mass is 338 g/mol.